The largest absolute Gasteiger partial charge is 0.419 e. The molecule has 6 aromatic carbocycles. The Hall–Kier alpha value is -8.49. The number of carbonyl (C=O) groups is 2. The lowest BCUT2D eigenvalue weighted by Crippen LogP contribution is -2.81. The summed E-state index contributed by atoms with van der Waals surface area (Å²) < 4.78 is 301. The molecule has 72 heavy (non-hydrogen) atoms. The highest BCUT2D eigenvalue weighted by Crippen LogP contribution is 2.31. The zero-order valence-corrected chi connectivity index (χ0v) is 34.2. The lowest BCUT2D eigenvalue weighted by molar-refractivity contribution is -0.686. The highest BCUT2D eigenvalue weighted by molar-refractivity contribution is 7.20. The van der Waals surface area contributed by atoms with Crippen molar-refractivity contribution in [3.05, 3.63) is 211 Å². The van der Waals surface area contributed by atoms with Crippen molar-refractivity contribution >= 4 is 45.4 Å². The zero-order chi connectivity index (χ0) is 53.4. The van der Waals surface area contributed by atoms with E-state index < -0.39 is 150 Å². The van der Waals surface area contributed by atoms with E-state index >= 15 is 35.1 Å². The summed E-state index contributed by atoms with van der Waals surface area (Å²) in [6.45, 7) is -0.0320. The monoisotopic (exact) mass is 1040 g/mol. The molecule has 0 aliphatic rings. The molecular formula is C43H14BF20N5O3. The van der Waals surface area contributed by atoms with Gasteiger partial charge < -0.3 is 4.74 Å². The molecule has 0 saturated carbocycles. The molecule has 7 aromatic rings. The number of ether oxygens (including phenoxy) is 1. The van der Waals surface area contributed by atoms with Gasteiger partial charge in [0, 0.05) is 16.2 Å². The van der Waals surface area contributed by atoms with E-state index in [1.54, 1.807) is 42.5 Å². The lowest BCUT2D eigenvalue weighted by Gasteiger charge is -2.44. The Kier molecular flexibility index (Phi) is 15.0. The minimum absolute atomic E-state index is 0.0320. The first-order valence-electron chi connectivity index (χ1n) is 18.9. The van der Waals surface area contributed by atoms with Gasteiger partial charge in [-0.3, -0.25) is 9.78 Å². The molecule has 8 nitrogen and oxygen atoms in total. The van der Waals surface area contributed by atoms with Crippen LogP contribution in [0.25, 0.3) is 10.4 Å². The van der Waals surface area contributed by atoms with Gasteiger partial charge in [-0.15, -0.1) is 21.9 Å². The third kappa shape index (κ3) is 8.85. The second-order valence-electron chi connectivity index (χ2n) is 14.3. The molecule has 0 bridgehead atoms. The van der Waals surface area contributed by atoms with Crippen LogP contribution in [0.1, 0.15) is 20.8 Å². The van der Waals surface area contributed by atoms with Crippen molar-refractivity contribution in [2.24, 2.45) is 5.11 Å². The quantitative estimate of drug-likeness (QED) is 0.0116. The topological polar surface area (TPSA) is 109 Å². The van der Waals surface area contributed by atoms with Crippen LogP contribution in [0, 0.1) is 116 Å². The van der Waals surface area contributed by atoms with Crippen molar-refractivity contribution in [2.75, 3.05) is 0 Å². The second kappa shape index (κ2) is 20.5. The Labute approximate surface area is 385 Å². The minimum atomic E-state index is -7.22. The maximum atomic E-state index is 15.4. The number of benzene rings is 6. The Balaban J connectivity index is 0.000000266. The average Bonchev–Trinajstić information content (AvgIpc) is 3.37. The predicted octanol–water partition coefficient (Wildman–Crippen LogP) is 9.26. The minimum Gasteiger partial charge on any atom is -0.419 e. The first-order valence-corrected chi connectivity index (χ1v) is 18.9. The van der Waals surface area contributed by atoms with Crippen LogP contribution in [0.15, 0.2) is 78.3 Å². The van der Waals surface area contributed by atoms with Crippen molar-refractivity contribution < 1.29 is 107 Å². The van der Waals surface area contributed by atoms with Gasteiger partial charge in [0.2, 0.25) is 12.3 Å². The lowest BCUT2D eigenvalue weighted by atomic mass is 9.12. The van der Waals surface area contributed by atoms with Gasteiger partial charge in [0.05, 0.1) is 6.20 Å². The molecule has 0 amide bonds. The van der Waals surface area contributed by atoms with Crippen molar-refractivity contribution in [3.63, 3.8) is 0 Å². The van der Waals surface area contributed by atoms with E-state index in [1.165, 1.54) is 29.2 Å². The molecule has 0 unspecified atom stereocenters. The third-order valence-corrected chi connectivity index (χ3v) is 10.4. The molecule has 372 valence electrons. The van der Waals surface area contributed by atoms with E-state index in [4.69, 9.17) is 10.3 Å². The van der Waals surface area contributed by atoms with Gasteiger partial charge in [0.15, 0.2) is 76.0 Å². The summed E-state index contributed by atoms with van der Waals surface area (Å²) in [7, 11) is 0. The van der Waals surface area contributed by atoms with Gasteiger partial charge in [0.1, 0.15) is 64.6 Å². The summed E-state index contributed by atoms with van der Waals surface area (Å²) in [5.41, 5.74) is -4.85. The van der Waals surface area contributed by atoms with E-state index in [0.29, 0.717) is 11.3 Å². The molecule has 0 N–H and O–H groups in total. The fourth-order valence-corrected chi connectivity index (χ4v) is 7.26. The maximum Gasteiger partial charge on any atom is 0.410 e. The third-order valence-electron chi connectivity index (χ3n) is 10.4. The van der Waals surface area contributed by atoms with Crippen LogP contribution >= 0.6 is 0 Å². The molecule has 0 aliphatic carbocycles. The van der Waals surface area contributed by atoms with Gasteiger partial charge in [-0.05, 0) is 17.7 Å². The van der Waals surface area contributed by atoms with E-state index in [0.717, 1.165) is 0 Å². The standard InChI is InChI=1S/C24BF20.C19H14N5O3/c26-5-1(6(27)14(35)21(42)13(5)34)25(2-7(28)15(36)22(43)16(37)8(2)29,3-9(30)17(38)23(44)18(39)10(3)31)4-11(32)19(40)24(45)20(41)12(4)33;20-23-22-15-7-4-8-16(11-15)27-19(26)17-12-21-9-10-24(17)13-18(25)14-5-2-1-3-6-14/h;1-12H,13H2/q-1;+1. The van der Waals surface area contributed by atoms with E-state index in [2.05, 4.69) is 15.0 Å². The average molecular weight is 1040 g/mol. The normalized spacial score (nSPS) is 11.2. The van der Waals surface area contributed by atoms with Gasteiger partial charge in [0.25, 0.3) is 0 Å². The first kappa shape index (κ1) is 52.9. The molecule has 0 aliphatic heterocycles. The summed E-state index contributed by atoms with van der Waals surface area (Å²) in [6, 6.07) is 15.0. The number of Topliss-reactive ketones (excluding diaryl/α,β-unsaturated/α-hetero) is 1. The summed E-state index contributed by atoms with van der Waals surface area (Å²) >= 11 is 0. The number of rotatable bonds is 10. The van der Waals surface area contributed by atoms with E-state index in [9.17, 15) is 62.3 Å². The number of carbonyl (C=O) groups excluding carboxylic acids is 2. The van der Waals surface area contributed by atoms with Gasteiger partial charge in [-0.1, -0.05) is 47.6 Å². The SMILES string of the molecule is Fc1c(F)c(F)c([B-](c2c(F)c(F)c(F)c(F)c2F)(c2c(F)c(F)c(F)c(F)c2F)c2c(F)c(F)c(F)c(F)c2F)c(F)c1F.[N-]=[N+]=Nc1cccc(OC(=O)c2cncc[n+]2CC(=O)c2ccccc2)c1. The maximum absolute atomic E-state index is 15.4. The van der Waals surface area contributed by atoms with Crippen molar-refractivity contribution in [3.8, 4) is 5.75 Å². The molecule has 29 heteroatoms. The highest BCUT2D eigenvalue weighted by atomic mass is 19.2. The van der Waals surface area contributed by atoms with E-state index in [1.807, 2.05) is 6.07 Å². The summed E-state index contributed by atoms with van der Waals surface area (Å²) in [5, 5.41) is 3.46. The molecule has 0 radical (unpaired) electrons. The smallest absolute Gasteiger partial charge is 0.410 e. The van der Waals surface area contributed by atoms with Crippen LogP contribution in [0.3, 0.4) is 0 Å². The predicted molar refractivity (Wildman–Crippen MR) is 205 cm³/mol. The van der Waals surface area contributed by atoms with Crippen molar-refractivity contribution in [1.82, 2.24) is 4.98 Å². The number of aromatic nitrogens is 2. The fourth-order valence-electron chi connectivity index (χ4n) is 7.26. The molecular weight excluding hydrogens is 1030 g/mol. The number of hydrogen-bond donors (Lipinski definition) is 0. The molecule has 7 rings (SSSR count). The molecule has 0 saturated heterocycles. The number of azide groups is 1. The van der Waals surface area contributed by atoms with Gasteiger partial charge in [-0.2, -0.15) is 4.57 Å². The molecule has 1 heterocycles. The first-order chi connectivity index (χ1) is 33.9. The van der Waals surface area contributed by atoms with Crippen LogP contribution in [-0.4, -0.2) is 22.9 Å². The molecule has 0 fully saturated rings. The van der Waals surface area contributed by atoms with E-state index in [-0.39, 0.29) is 23.8 Å². The Morgan fingerprint density at radius 1 is 0.514 bits per heavy atom. The Morgan fingerprint density at radius 2 is 0.875 bits per heavy atom. The van der Waals surface area contributed by atoms with Crippen LogP contribution in [0.2, 0.25) is 0 Å². The summed E-state index contributed by atoms with van der Waals surface area (Å²) in [6.07, 6.45) is -2.87. The number of halogens is 20. The number of hydrogen-bond acceptors (Lipinski definition) is 5. The number of ketones is 1. The highest BCUT2D eigenvalue weighted by Gasteiger charge is 2.52. The molecule has 1 aromatic heterocycles. The zero-order valence-electron chi connectivity index (χ0n) is 34.2. The summed E-state index contributed by atoms with van der Waals surface area (Å²) in [4.78, 5) is 31.6. The Morgan fingerprint density at radius 3 is 1.24 bits per heavy atom. The van der Waals surface area contributed by atoms with Gasteiger partial charge in [-0.25, -0.2) is 92.6 Å². The van der Waals surface area contributed by atoms with Crippen LogP contribution in [0.4, 0.5) is 93.5 Å². The fraction of sp³-hybridized carbons (Fsp3) is 0.0233. The Bertz CT molecular complexity index is 3060. The van der Waals surface area contributed by atoms with Crippen molar-refractivity contribution in [2.45, 2.75) is 6.54 Å². The van der Waals surface area contributed by atoms with Crippen molar-refractivity contribution in [1.29, 1.82) is 0 Å². The van der Waals surface area contributed by atoms with Crippen LogP contribution in [-0.2, 0) is 6.54 Å². The van der Waals surface area contributed by atoms with Crippen LogP contribution in [0.5, 0.6) is 5.75 Å². The van der Waals surface area contributed by atoms with Gasteiger partial charge >= 0.3 is 11.7 Å². The summed E-state index contributed by atoms with van der Waals surface area (Å²) in [5.74, 6) is -72.0. The number of nitrogens with zero attached hydrogens (tertiary/aromatic N) is 5. The molecule has 0 atom stereocenters. The van der Waals surface area contributed by atoms with Crippen LogP contribution < -0.4 is 31.2 Å². The second-order valence-corrected chi connectivity index (χ2v) is 14.3. The number of esters is 1. The molecule has 0 spiro atoms.